The molecule has 1 aromatic rings. The molecule has 0 radical (unpaired) electrons. The summed E-state index contributed by atoms with van der Waals surface area (Å²) in [6.45, 7) is 0.814. The van der Waals surface area contributed by atoms with Crippen molar-refractivity contribution in [2.75, 3.05) is 0 Å². The maximum absolute atomic E-state index is 13.9. The van der Waals surface area contributed by atoms with Crippen LogP contribution in [0.2, 0.25) is 0 Å². The predicted octanol–water partition coefficient (Wildman–Crippen LogP) is 4.06. The van der Waals surface area contributed by atoms with Gasteiger partial charge >= 0.3 is 0 Å². The van der Waals surface area contributed by atoms with Crippen molar-refractivity contribution in [3.63, 3.8) is 0 Å². The van der Waals surface area contributed by atoms with Crippen LogP contribution in [0.25, 0.3) is 0 Å². The molecule has 0 heterocycles. The molecule has 1 aliphatic carbocycles. The van der Waals surface area contributed by atoms with Crippen LogP contribution in [-0.2, 0) is 11.5 Å². The fraction of sp³-hybridized carbons (Fsp3) is 0.571. The molecular weight excluding hydrogens is 239 g/mol. The first-order valence-electron chi connectivity index (χ1n) is 6.30. The third-order valence-electron chi connectivity index (χ3n) is 3.76. The quantitative estimate of drug-likeness (QED) is 0.849. The highest BCUT2D eigenvalue weighted by molar-refractivity contribution is 5.33. The lowest BCUT2D eigenvalue weighted by Gasteiger charge is -2.34. The fourth-order valence-electron chi connectivity index (χ4n) is 2.63. The Kier molecular flexibility index (Phi) is 3.41. The van der Waals surface area contributed by atoms with Crippen LogP contribution in [0.5, 0.6) is 0 Å². The fourth-order valence-corrected chi connectivity index (χ4v) is 2.63. The van der Waals surface area contributed by atoms with Crippen molar-refractivity contribution in [1.82, 2.24) is 0 Å². The molecule has 1 saturated carbocycles. The van der Waals surface area contributed by atoms with E-state index in [2.05, 4.69) is 0 Å². The Balaban J connectivity index is 2.43. The molecule has 0 saturated heterocycles. The van der Waals surface area contributed by atoms with Crippen LogP contribution >= 0.6 is 0 Å². The van der Waals surface area contributed by atoms with Gasteiger partial charge in [0.2, 0.25) is 0 Å². The van der Waals surface area contributed by atoms with E-state index in [0.717, 1.165) is 38.3 Å². The molecule has 0 bridgehead atoms. The van der Waals surface area contributed by atoms with E-state index < -0.39 is 17.3 Å². The van der Waals surface area contributed by atoms with Gasteiger partial charge in [-0.05, 0) is 25.0 Å². The van der Waals surface area contributed by atoms with E-state index >= 15 is 0 Å². The number of hydrogen-bond acceptors (Lipinski definition) is 1. The van der Waals surface area contributed by atoms with Gasteiger partial charge in [0, 0.05) is 23.6 Å². The van der Waals surface area contributed by atoms with Crippen LogP contribution in [-0.4, -0.2) is 0 Å². The minimum atomic E-state index is -2.96. The predicted molar refractivity (Wildman–Crippen MR) is 64.9 cm³/mol. The highest BCUT2D eigenvalue weighted by Crippen LogP contribution is 2.38. The van der Waals surface area contributed by atoms with Crippen LogP contribution in [0.4, 0.5) is 13.2 Å². The SMILES string of the molecule is CC(F)(F)c1ccc(F)c(C2(N)CCCCC2)c1. The number of hydrogen-bond donors (Lipinski definition) is 1. The first-order chi connectivity index (χ1) is 8.33. The van der Waals surface area contributed by atoms with E-state index in [1.165, 1.54) is 6.07 Å². The lowest BCUT2D eigenvalue weighted by molar-refractivity contribution is 0.0172. The Morgan fingerprint density at radius 2 is 1.78 bits per heavy atom. The van der Waals surface area contributed by atoms with Crippen LogP contribution in [0.1, 0.15) is 50.2 Å². The molecule has 18 heavy (non-hydrogen) atoms. The Bertz CT molecular complexity index is 431. The minimum absolute atomic E-state index is 0.172. The van der Waals surface area contributed by atoms with Crippen molar-refractivity contribution < 1.29 is 13.2 Å². The summed E-state index contributed by atoms with van der Waals surface area (Å²) >= 11 is 0. The summed E-state index contributed by atoms with van der Waals surface area (Å²) in [5.41, 5.74) is 5.49. The van der Waals surface area contributed by atoms with Gasteiger partial charge < -0.3 is 5.73 Å². The summed E-state index contributed by atoms with van der Waals surface area (Å²) in [5, 5.41) is 0. The number of rotatable bonds is 2. The third-order valence-corrected chi connectivity index (χ3v) is 3.76. The molecule has 0 aliphatic heterocycles. The number of nitrogens with two attached hydrogens (primary N) is 1. The molecule has 4 heteroatoms. The molecule has 1 aromatic carbocycles. The molecule has 0 unspecified atom stereocenters. The third kappa shape index (κ3) is 2.53. The van der Waals surface area contributed by atoms with Crippen molar-refractivity contribution in [2.45, 2.75) is 50.5 Å². The summed E-state index contributed by atoms with van der Waals surface area (Å²) in [7, 11) is 0. The maximum Gasteiger partial charge on any atom is 0.270 e. The van der Waals surface area contributed by atoms with E-state index in [1.807, 2.05) is 0 Å². The van der Waals surface area contributed by atoms with Gasteiger partial charge in [0.05, 0.1) is 0 Å². The monoisotopic (exact) mass is 257 g/mol. The number of alkyl halides is 2. The average molecular weight is 257 g/mol. The van der Waals surface area contributed by atoms with Crippen LogP contribution < -0.4 is 5.73 Å². The molecule has 1 fully saturated rings. The van der Waals surface area contributed by atoms with Crippen molar-refractivity contribution >= 4 is 0 Å². The summed E-state index contributed by atoms with van der Waals surface area (Å²) in [6.07, 6.45) is 4.22. The topological polar surface area (TPSA) is 26.0 Å². The zero-order chi connectivity index (χ0) is 13.4. The van der Waals surface area contributed by atoms with Crippen LogP contribution in [0.3, 0.4) is 0 Å². The van der Waals surface area contributed by atoms with Gasteiger partial charge in [-0.15, -0.1) is 0 Å². The Hall–Kier alpha value is -1.03. The summed E-state index contributed by atoms with van der Waals surface area (Å²) in [6, 6.07) is 3.47. The second-order valence-corrected chi connectivity index (χ2v) is 5.30. The second-order valence-electron chi connectivity index (χ2n) is 5.30. The molecule has 2 rings (SSSR count). The van der Waals surface area contributed by atoms with E-state index in [4.69, 9.17) is 5.73 Å². The zero-order valence-electron chi connectivity index (χ0n) is 10.5. The highest BCUT2D eigenvalue weighted by Gasteiger charge is 2.34. The molecule has 0 amide bonds. The summed E-state index contributed by atoms with van der Waals surface area (Å²) in [4.78, 5) is 0. The normalized spacial score (nSPS) is 19.8. The van der Waals surface area contributed by atoms with Gasteiger partial charge in [-0.2, -0.15) is 0 Å². The first-order valence-corrected chi connectivity index (χ1v) is 6.30. The molecule has 0 aromatic heterocycles. The molecule has 0 spiro atoms. The van der Waals surface area contributed by atoms with E-state index in [9.17, 15) is 13.2 Å². The molecule has 1 aliphatic rings. The standard InChI is InChI=1S/C14H18F3N/c1-13(16,17)10-5-6-12(15)11(9-10)14(18)7-3-2-4-8-14/h5-6,9H,2-4,7-8,18H2,1H3. The van der Waals surface area contributed by atoms with Crippen molar-refractivity contribution in [3.8, 4) is 0 Å². The van der Waals surface area contributed by atoms with Crippen molar-refractivity contribution in [3.05, 3.63) is 35.1 Å². The largest absolute Gasteiger partial charge is 0.321 e. The van der Waals surface area contributed by atoms with E-state index in [0.29, 0.717) is 12.8 Å². The second kappa shape index (κ2) is 4.57. The van der Waals surface area contributed by atoms with E-state index in [-0.39, 0.29) is 11.1 Å². The average Bonchev–Trinajstić information content (AvgIpc) is 2.28. The number of halogens is 3. The Morgan fingerprint density at radius 3 is 2.33 bits per heavy atom. The van der Waals surface area contributed by atoms with Gasteiger partial charge in [0.15, 0.2) is 0 Å². The molecule has 2 N–H and O–H groups in total. The highest BCUT2D eigenvalue weighted by atomic mass is 19.3. The Labute approximate surface area is 105 Å². The van der Waals surface area contributed by atoms with Gasteiger partial charge in [-0.25, -0.2) is 13.2 Å². The molecule has 0 atom stereocenters. The molecular formula is C14H18F3N. The zero-order valence-corrected chi connectivity index (χ0v) is 10.5. The summed E-state index contributed by atoms with van der Waals surface area (Å²) < 4.78 is 40.5. The maximum atomic E-state index is 13.9. The number of benzene rings is 1. The van der Waals surface area contributed by atoms with Gasteiger partial charge in [-0.3, -0.25) is 0 Å². The lowest BCUT2D eigenvalue weighted by Crippen LogP contribution is -2.39. The van der Waals surface area contributed by atoms with Crippen LogP contribution in [0, 0.1) is 5.82 Å². The van der Waals surface area contributed by atoms with E-state index in [1.54, 1.807) is 0 Å². The van der Waals surface area contributed by atoms with Crippen molar-refractivity contribution in [1.29, 1.82) is 0 Å². The van der Waals surface area contributed by atoms with Gasteiger partial charge in [-0.1, -0.05) is 25.3 Å². The first kappa shape index (κ1) is 13.4. The molecule has 100 valence electrons. The Morgan fingerprint density at radius 1 is 1.17 bits per heavy atom. The molecule has 1 nitrogen and oxygen atoms in total. The minimum Gasteiger partial charge on any atom is -0.321 e. The smallest absolute Gasteiger partial charge is 0.270 e. The summed E-state index contributed by atoms with van der Waals surface area (Å²) in [5.74, 6) is -3.44. The van der Waals surface area contributed by atoms with Gasteiger partial charge in [0.25, 0.3) is 5.92 Å². The van der Waals surface area contributed by atoms with Gasteiger partial charge in [0.1, 0.15) is 5.82 Å². The van der Waals surface area contributed by atoms with Crippen LogP contribution in [0.15, 0.2) is 18.2 Å². The lowest BCUT2D eigenvalue weighted by atomic mass is 9.76. The van der Waals surface area contributed by atoms with Crippen molar-refractivity contribution in [2.24, 2.45) is 5.73 Å².